The Labute approximate surface area is 125 Å². The van der Waals surface area contributed by atoms with Crippen LogP contribution in [-0.4, -0.2) is 30.2 Å². The van der Waals surface area contributed by atoms with Gasteiger partial charge in [0.15, 0.2) is 0 Å². The number of aryl methyl sites for hydroxylation is 1. The van der Waals surface area contributed by atoms with E-state index in [9.17, 15) is 9.59 Å². The van der Waals surface area contributed by atoms with Crippen LogP contribution in [0.3, 0.4) is 0 Å². The van der Waals surface area contributed by atoms with E-state index in [0.717, 1.165) is 11.1 Å². The molecule has 0 saturated heterocycles. The second-order valence-corrected chi connectivity index (χ2v) is 5.16. The molecule has 1 amide bonds. The first-order chi connectivity index (χ1) is 9.93. The third-order valence-electron chi connectivity index (χ3n) is 3.46. The summed E-state index contributed by atoms with van der Waals surface area (Å²) in [7, 11) is 1.60. The monoisotopic (exact) mass is 293 g/mol. The predicted molar refractivity (Wildman–Crippen MR) is 80.0 cm³/mol. The number of amides is 1. The number of aliphatic carboxylic acids is 1. The van der Waals surface area contributed by atoms with E-state index in [-0.39, 0.29) is 18.4 Å². The molecule has 1 rings (SSSR count). The Hall–Kier alpha value is -1.88. The van der Waals surface area contributed by atoms with Crippen molar-refractivity contribution in [1.82, 2.24) is 5.32 Å². The number of carboxylic acids is 1. The zero-order chi connectivity index (χ0) is 15.8. The maximum atomic E-state index is 12.0. The standard InChI is InChI=1S/C16H23NO4/c1-11-6-4-5-7-13(11)14(10-16(19)20)17-15(18)9-8-12(2)21-3/h4-7,12,14H,8-10H2,1-3H3,(H,17,18)(H,19,20). The Morgan fingerprint density at radius 3 is 2.57 bits per heavy atom. The van der Waals surface area contributed by atoms with Gasteiger partial charge in [-0.05, 0) is 31.4 Å². The van der Waals surface area contributed by atoms with Gasteiger partial charge in [0, 0.05) is 13.5 Å². The van der Waals surface area contributed by atoms with Crippen molar-refractivity contribution in [3.05, 3.63) is 35.4 Å². The van der Waals surface area contributed by atoms with Gasteiger partial charge in [0.25, 0.3) is 0 Å². The summed E-state index contributed by atoms with van der Waals surface area (Å²) in [6.45, 7) is 3.80. The van der Waals surface area contributed by atoms with Gasteiger partial charge < -0.3 is 15.2 Å². The summed E-state index contributed by atoms with van der Waals surface area (Å²) in [5, 5.41) is 11.8. The van der Waals surface area contributed by atoms with Crippen LogP contribution >= 0.6 is 0 Å². The molecule has 1 aromatic carbocycles. The van der Waals surface area contributed by atoms with Crippen LogP contribution in [-0.2, 0) is 14.3 Å². The van der Waals surface area contributed by atoms with Crippen LogP contribution in [0, 0.1) is 6.92 Å². The van der Waals surface area contributed by atoms with Crippen molar-refractivity contribution in [2.24, 2.45) is 0 Å². The lowest BCUT2D eigenvalue weighted by Gasteiger charge is -2.20. The lowest BCUT2D eigenvalue weighted by atomic mass is 9.98. The number of hydrogen-bond donors (Lipinski definition) is 2. The highest BCUT2D eigenvalue weighted by Crippen LogP contribution is 2.21. The van der Waals surface area contributed by atoms with Crippen LogP contribution in [0.2, 0.25) is 0 Å². The Kier molecular flexibility index (Phi) is 6.88. The topological polar surface area (TPSA) is 75.6 Å². The maximum absolute atomic E-state index is 12.0. The number of benzene rings is 1. The summed E-state index contributed by atoms with van der Waals surface area (Å²) in [6, 6.07) is 6.98. The normalized spacial score (nSPS) is 13.5. The van der Waals surface area contributed by atoms with Gasteiger partial charge in [-0.25, -0.2) is 0 Å². The molecule has 21 heavy (non-hydrogen) atoms. The molecule has 5 nitrogen and oxygen atoms in total. The van der Waals surface area contributed by atoms with Gasteiger partial charge in [0.2, 0.25) is 5.91 Å². The lowest BCUT2D eigenvalue weighted by molar-refractivity contribution is -0.137. The maximum Gasteiger partial charge on any atom is 0.305 e. The van der Waals surface area contributed by atoms with Gasteiger partial charge in [-0.2, -0.15) is 0 Å². The van der Waals surface area contributed by atoms with Crippen molar-refractivity contribution >= 4 is 11.9 Å². The fourth-order valence-electron chi connectivity index (χ4n) is 2.11. The van der Waals surface area contributed by atoms with Crippen molar-refractivity contribution in [1.29, 1.82) is 0 Å². The van der Waals surface area contributed by atoms with Crippen molar-refractivity contribution in [2.45, 2.75) is 45.3 Å². The van der Waals surface area contributed by atoms with Crippen LogP contribution in [0.1, 0.15) is 43.4 Å². The highest BCUT2D eigenvalue weighted by atomic mass is 16.5. The minimum Gasteiger partial charge on any atom is -0.481 e. The van der Waals surface area contributed by atoms with Gasteiger partial charge in [-0.15, -0.1) is 0 Å². The Balaban J connectivity index is 2.73. The quantitative estimate of drug-likeness (QED) is 0.772. The van der Waals surface area contributed by atoms with Crippen molar-refractivity contribution < 1.29 is 19.4 Å². The molecule has 2 unspecified atom stereocenters. The van der Waals surface area contributed by atoms with Crippen molar-refractivity contribution in [3.63, 3.8) is 0 Å². The number of carboxylic acid groups (broad SMARTS) is 1. The van der Waals surface area contributed by atoms with E-state index in [1.54, 1.807) is 7.11 Å². The Bertz CT molecular complexity index is 487. The first kappa shape index (κ1) is 17.2. The van der Waals surface area contributed by atoms with Crippen LogP contribution in [0.15, 0.2) is 24.3 Å². The first-order valence-electron chi connectivity index (χ1n) is 7.03. The molecule has 0 aliphatic rings. The predicted octanol–water partition coefficient (Wildman–Crippen LogP) is 2.44. The van der Waals surface area contributed by atoms with Gasteiger partial charge in [-0.1, -0.05) is 24.3 Å². The molecule has 0 bridgehead atoms. The third kappa shape index (κ3) is 5.95. The van der Waals surface area contributed by atoms with Crippen LogP contribution in [0.25, 0.3) is 0 Å². The minimum atomic E-state index is -0.936. The number of methoxy groups -OCH3 is 1. The number of nitrogens with one attached hydrogen (secondary N) is 1. The molecule has 0 spiro atoms. The summed E-state index contributed by atoms with van der Waals surface area (Å²) in [6.07, 6.45) is 0.802. The molecule has 0 saturated carbocycles. The molecule has 2 N–H and O–H groups in total. The molecule has 0 aliphatic carbocycles. The number of carbonyl (C=O) groups is 2. The van der Waals surface area contributed by atoms with E-state index < -0.39 is 12.0 Å². The summed E-state index contributed by atoms with van der Waals surface area (Å²) < 4.78 is 5.10. The molecule has 5 heteroatoms. The molecule has 0 fully saturated rings. The van der Waals surface area contributed by atoms with Gasteiger partial charge in [0.05, 0.1) is 18.6 Å². The highest BCUT2D eigenvalue weighted by molar-refractivity contribution is 5.77. The van der Waals surface area contributed by atoms with E-state index in [4.69, 9.17) is 9.84 Å². The lowest BCUT2D eigenvalue weighted by Crippen LogP contribution is -2.31. The SMILES string of the molecule is COC(C)CCC(=O)NC(CC(=O)O)c1ccccc1C. The average Bonchev–Trinajstić information content (AvgIpc) is 2.44. The second-order valence-electron chi connectivity index (χ2n) is 5.16. The van der Waals surface area contributed by atoms with E-state index >= 15 is 0 Å². The molecule has 2 atom stereocenters. The first-order valence-corrected chi connectivity index (χ1v) is 7.03. The number of rotatable bonds is 8. The van der Waals surface area contributed by atoms with Crippen molar-refractivity contribution in [3.8, 4) is 0 Å². The Morgan fingerprint density at radius 1 is 1.33 bits per heavy atom. The molecule has 0 heterocycles. The molecule has 116 valence electrons. The fraction of sp³-hybridized carbons (Fsp3) is 0.500. The van der Waals surface area contributed by atoms with E-state index in [2.05, 4.69) is 5.32 Å². The van der Waals surface area contributed by atoms with Gasteiger partial charge >= 0.3 is 5.97 Å². The second kappa shape index (κ2) is 8.42. The van der Waals surface area contributed by atoms with Crippen molar-refractivity contribution in [2.75, 3.05) is 7.11 Å². The zero-order valence-electron chi connectivity index (χ0n) is 12.8. The molecular formula is C16H23NO4. The van der Waals surface area contributed by atoms with Gasteiger partial charge in [0.1, 0.15) is 0 Å². The molecule has 0 aliphatic heterocycles. The van der Waals surface area contributed by atoms with Crippen LogP contribution in [0.4, 0.5) is 0 Å². The van der Waals surface area contributed by atoms with Crippen LogP contribution in [0.5, 0.6) is 0 Å². The van der Waals surface area contributed by atoms with E-state index in [1.807, 2.05) is 38.1 Å². The molecular weight excluding hydrogens is 270 g/mol. The molecule has 0 aromatic heterocycles. The third-order valence-corrected chi connectivity index (χ3v) is 3.46. The largest absolute Gasteiger partial charge is 0.481 e. The fourth-order valence-corrected chi connectivity index (χ4v) is 2.11. The minimum absolute atomic E-state index is 0.00661. The summed E-state index contributed by atoms with van der Waals surface area (Å²) >= 11 is 0. The van der Waals surface area contributed by atoms with Crippen LogP contribution < -0.4 is 5.32 Å². The van der Waals surface area contributed by atoms with E-state index in [0.29, 0.717) is 12.8 Å². The number of carbonyl (C=O) groups excluding carboxylic acids is 1. The summed E-state index contributed by atoms with van der Waals surface area (Å²) in [4.78, 5) is 23.0. The number of ether oxygens (including phenoxy) is 1. The van der Waals surface area contributed by atoms with Gasteiger partial charge in [-0.3, -0.25) is 9.59 Å². The zero-order valence-corrected chi connectivity index (χ0v) is 12.8. The number of hydrogen-bond acceptors (Lipinski definition) is 3. The van der Waals surface area contributed by atoms with E-state index in [1.165, 1.54) is 0 Å². The smallest absolute Gasteiger partial charge is 0.305 e. The molecule has 0 radical (unpaired) electrons. The average molecular weight is 293 g/mol. The Morgan fingerprint density at radius 2 is 2.00 bits per heavy atom. The highest BCUT2D eigenvalue weighted by Gasteiger charge is 2.19. The molecule has 1 aromatic rings. The summed E-state index contributed by atoms with van der Waals surface area (Å²) in [5.74, 6) is -1.10. The summed E-state index contributed by atoms with van der Waals surface area (Å²) in [5.41, 5.74) is 1.81.